The maximum absolute atomic E-state index is 12.7. The number of likely N-dealkylation sites (tertiary alicyclic amines) is 1. The number of aryl methyl sites for hydroxylation is 1. The second-order valence-corrected chi connectivity index (χ2v) is 12.1. The highest BCUT2D eigenvalue weighted by molar-refractivity contribution is 6.31. The topological polar surface area (TPSA) is 55.5 Å². The fourth-order valence-electron chi connectivity index (χ4n) is 6.81. The molecule has 222 valence electrons. The van der Waals surface area contributed by atoms with Crippen molar-refractivity contribution in [1.82, 2.24) is 14.8 Å². The average molecular weight is 597 g/mol. The lowest BCUT2D eigenvalue weighted by Gasteiger charge is -2.45. The number of hydrogen-bond acceptors (Lipinski definition) is 4. The van der Waals surface area contributed by atoms with Crippen LogP contribution in [0, 0.1) is 5.92 Å². The number of nitrogens with two attached hydrogens (primary N) is 1. The van der Waals surface area contributed by atoms with Crippen LogP contribution in [-0.4, -0.2) is 47.5 Å². The lowest BCUT2D eigenvalue weighted by atomic mass is 9.81. The van der Waals surface area contributed by atoms with Gasteiger partial charge in [0.25, 0.3) is 0 Å². The number of nitrogens with one attached hydrogen (secondary N) is 1. The summed E-state index contributed by atoms with van der Waals surface area (Å²) in [6, 6.07) is 21.8. The van der Waals surface area contributed by atoms with Crippen molar-refractivity contribution >= 4 is 22.5 Å². The van der Waals surface area contributed by atoms with E-state index in [-0.39, 0.29) is 5.75 Å². The van der Waals surface area contributed by atoms with Gasteiger partial charge in [0.15, 0.2) is 0 Å². The monoisotopic (exact) mass is 596 g/mol. The first-order valence-corrected chi connectivity index (χ1v) is 15.0. The van der Waals surface area contributed by atoms with Crippen LogP contribution in [0.25, 0.3) is 22.0 Å². The number of piperazine rings is 1. The maximum atomic E-state index is 12.7. The summed E-state index contributed by atoms with van der Waals surface area (Å²) in [6.07, 6.45) is 1.51. The summed E-state index contributed by atoms with van der Waals surface area (Å²) in [5, 5.41) is 5.78. The molecule has 6 rings (SSSR count). The Morgan fingerprint density at radius 2 is 1.71 bits per heavy atom. The Morgan fingerprint density at radius 1 is 0.976 bits per heavy atom. The Bertz CT molecular complexity index is 1510. The van der Waals surface area contributed by atoms with Crippen molar-refractivity contribution in [2.45, 2.75) is 57.2 Å². The average Bonchev–Trinajstić information content (AvgIpc) is 3.30. The summed E-state index contributed by atoms with van der Waals surface area (Å²) in [5.41, 5.74) is 11.2. The number of fused-ring (bicyclic) bond motifs is 3. The van der Waals surface area contributed by atoms with Crippen LogP contribution in [-0.2, 0) is 19.5 Å². The van der Waals surface area contributed by atoms with Crippen molar-refractivity contribution in [3.8, 4) is 16.9 Å². The number of ether oxygens (including phenoxy) is 1. The van der Waals surface area contributed by atoms with Crippen molar-refractivity contribution in [3.05, 3.63) is 89.1 Å². The zero-order valence-corrected chi connectivity index (χ0v) is 24.2. The molecule has 2 unspecified atom stereocenters. The molecule has 2 bridgehead atoms. The molecule has 2 aliphatic heterocycles. The van der Waals surface area contributed by atoms with Crippen LogP contribution < -0.4 is 15.8 Å². The molecule has 5 nitrogen and oxygen atoms in total. The van der Waals surface area contributed by atoms with Crippen LogP contribution in [0.3, 0.4) is 0 Å². The summed E-state index contributed by atoms with van der Waals surface area (Å²) in [5.74, 6) is 0.403. The number of benzene rings is 3. The fraction of sp³-hybridized carbons (Fsp3) is 0.394. The van der Waals surface area contributed by atoms with E-state index < -0.39 is 6.36 Å². The van der Waals surface area contributed by atoms with Gasteiger partial charge in [-0.05, 0) is 85.2 Å². The Labute approximate surface area is 249 Å². The number of hydrogen-bond donors (Lipinski definition) is 2. The van der Waals surface area contributed by atoms with Gasteiger partial charge in [-0.1, -0.05) is 48.0 Å². The van der Waals surface area contributed by atoms with E-state index >= 15 is 0 Å². The number of halogens is 4. The minimum Gasteiger partial charge on any atom is -0.406 e. The summed E-state index contributed by atoms with van der Waals surface area (Å²) in [6.45, 7) is 4.21. The normalized spacial score (nSPS) is 21.1. The zero-order chi connectivity index (χ0) is 29.3. The molecule has 9 heteroatoms. The summed E-state index contributed by atoms with van der Waals surface area (Å²) in [7, 11) is 0. The van der Waals surface area contributed by atoms with Crippen LogP contribution in [0.5, 0.6) is 5.75 Å². The number of rotatable bonds is 9. The maximum Gasteiger partial charge on any atom is 0.573 e. The van der Waals surface area contributed by atoms with Gasteiger partial charge in [-0.3, -0.25) is 4.90 Å². The predicted octanol–water partition coefficient (Wildman–Crippen LogP) is 7.00. The number of piperidine rings is 1. The van der Waals surface area contributed by atoms with Crippen LogP contribution in [0.4, 0.5) is 13.2 Å². The molecule has 2 aliphatic rings. The van der Waals surface area contributed by atoms with Gasteiger partial charge in [0.2, 0.25) is 0 Å². The lowest BCUT2D eigenvalue weighted by Crippen LogP contribution is -2.60. The Balaban J connectivity index is 1.19. The molecule has 0 amide bonds. The highest BCUT2D eigenvalue weighted by Crippen LogP contribution is 2.35. The molecule has 2 fully saturated rings. The molecule has 0 spiro atoms. The minimum atomic E-state index is -4.71. The van der Waals surface area contributed by atoms with E-state index in [9.17, 15) is 13.2 Å². The lowest BCUT2D eigenvalue weighted by molar-refractivity contribution is -0.274. The Morgan fingerprint density at radius 3 is 2.40 bits per heavy atom. The van der Waals surface area contributed by atoms with Gasteiger partial charge in [0.05, 0.1) is 0 Å². The third-order valence-electron chi connectivity index (χ3n) is 8.48. The third-order valence-corrected chi connectivity index (χ3v) is 8.85. The number of aromatic nitrogens is 1. The SMILES string of the molecule is NCCCn1cc(-c2ccc(OC(F)(F)F)cc2)c2cc(CN3CC4CC(Cc5ccccc5Cl)CC(C3)N4)ccc21. The fourth-order valence-corrected chi connectivity index (χ4v) is 7.02. The molecular weight excluding hydrogens is 561 g/mol. The molecule has 42 heavy (non-hydrogen) atoms. The molecule has 4 aromatic rings. The number of alkyl halides is 3. The molecule has 0 saturated carbocycles. The van der Waals surface area contributed by atoms with Crippen molar-refractivity contribution in [2.75, 3.05) is 19.6 Å². The largest absolute Gasteiger partial charge is 0.573 e. The van der Waals surface area contributed by atoms with Gasteiger partial charge < -0.3 is 20.4 Å². The van der Waals surface area contributed by atoms with Crippen molar-refractivity contribution < 1.29 is 17.9 Å². The summed E-state index contributed by atoms with van der Waals surface area (Å²) >= 11 is 6.45. The highest BCUT2D eigenvalue weighted by Gasteiger charge is 2.35. The first-order chi connectivity index (χ1) is 20.2. The van der Waals surface area contributed by atoms with E-state index in [1.807, 2.05) is 12.1 Å². The molecule has 2 saturated heterocycles. The van der Waals surface area contributed by atoms with Crippen LogP contribution in [0.15, 0.2) is 72.9 Å². The first kappa shape index (κ1) is 29.1. The van der Waals surface area contributed by atoms with E-state index in [1.54, 1.807) is 12.1 Å². The van der Waals surface area contributed by atoms with Gasteiger partial charge in [0.1, 0.15) is 5.75 Å². The van der Waals surface area contributed by atoms with E-state index in [0.717, 1.165) is 78.9 Å². The van der Waals surface area contributed by atoms with E-state index in [4.69, 9.17) is 17.3 Å². The van der Waals surface area contributed by atoms with Crippen LogP contribution in [0.2, 0.25) is 5.02 Å². The molecule has 3 N–H and O–H groups in total. The second-order valence-electron chi connectivity index (χ2n) is 11.7. The molecule has 3 heterocycles. The van der Waals surface area contributed by atoms with Crippen molar-refractivity contribution in [2.24, 2.45) is 11.7 Å². The Kier molecular flexibility index (Phi) is 8.50. The zero-order valence-electron chi connectivity index (χ0n) is 23.4. The summed E-state index contributed by atoms with van der Waals surface area (Å²) in [4.78, 5) is 2.55. The van der Waals surface area contributed by atoms with Gasteiger partial charge in [-0.2, -0.15) is 0 Å². The molecule has 1 aromatic heterocycles. The number of nitrogens with zero attached hydrogens (tertiary/aromatic N) is 2. The van der Waals surface area contributed by atoms with Crippen molar-refractivity contribution in [3.63, 3.8) is 0 Å². The highest BCUT2D eigenvalue weighted by atomic mass is 35.5. The van der Waals surface area contributed by atoms with Crippen LogP contribution >= 0.6 is 11.6 Å². The van der Waals surface area contributed by atoms with Crippen molar-refractivity contribution in [1.29, 1.82) is 0 Å². The minimum absolute atomic E-state index is 0.225. The Hall–Kier alpha value is -3.04. The summed E-state index contributed by atoms with van der Waals surface area (Å²) < 4.78 is 44.3. The van der Waals surface area contributed by atoms with E-state index in [1.165, 1.54) is 23.3 Å². The predicted molar refractivity (Wildman–Crippen MR) is 162 cm³/mol. The van der Waals surface area contributed by atoms with E-state index in [2.05, 4.69) is 56.0 Å². The third kappa shape index (κ3) is 6.78. The standard InChI is InChI=1S/C33H36ClF3N4O/c34-31-5-2-1-4-25(31)14-23-15-26-19-40(20-27(16-23)39-26)18-22-6-11-32-29(17-22)30(21-41(32)13-3-12-38)24-7-9-28(10-8-24)42-33(35,36)37/h1-2,4-11,17,21,23,26-27,39H,3,12-16,18-20,38H2. The van der Waals surface area contributed by atoms with Crippen LogP contribution in [0.1, 0.15) is 30.4 Å². The van der Waals surface area contributed by atoms with Gasteiger partial charge >= 0.3 is 6.36 Å². The van der Waals surface area contributed by atoms with Gasteiger partial charge in [-0.25, -0.2) is 0 Å². The molecule has 3 aromatic carbocycles. The first-order valence-electron chi connectivity index (χ1n) is 14.6. The quantitative estimate of drug-likeness (QED) is 0.218. The van der Waals surface area contributed by atoms with Gasteiger partial charge in [-0.15, -0.1) is 13.2 Å². The smallest absolute Gasteiger partial charge is 0.406 e. The van der Waals surface area contributed by atoms with E-state index in [0.29, 0.717) is 24.5 Å². The molecule has 0 radical (unpaired) electrons. The second kappa shape index (κ2) is 12.3. The molecule has 2 atom stereocenters. The molecular formula is C33H36ClF3N4O. The van der Waals surface area contributed by atoms with Gasteiger partial charge in [0, 0.05) is 65.9 Å². The molecule has 0 aliphatic carbocycles.